The molecule has 4 amide bonds. The van der Waals surface area contributed by atoms with Gasteiger partial charge in [0.15, 0.2) is 6.04 Å². The minimum atomic E-state index is -1.69. The molecule has 6 atom stereocenters. The van der Waals surface area contributed by atoms with E-state index in [4.69, 9.17) is 11.5 Å². The molecule has 200 valence electrons. The number of phenolic OH excluding ortho intramolecular Hbond substituents is 1. The lowest BCUT2D eigenvalue weighted by atomic mass is 9.96. The normalized spacial score (nSPS) is 15.9. The molecule has 0 saturated heterocycles. The largest absolute Gasteiger partial charge is 0.508 e. The van der Waals surface area contributed by atoms with Crippen LogP contribution in [0.1, 0.15) is 39.2 Å². The van der Waals surface area contributed by atoms with E-state index in [9.17, 15) is 39.3 Å². The van der Waals surface area contributed by atoms with Crippen LogP contribution < -0.4 is 27.4 Å². The van der Waals surface area contributed by atoms with Gasteiger partial charge in [-0.05, 0) is 37.0 Å². The average Bonchev–Trinajstić information content (AvgIpc) is 2.80. The van der Waals surface area contributed by atoms with E-state index < -0.39 is 72.2 Å². The molecule has 0 heterocycles. The zero-order chi connectivity index (χ0) is 27.6. The van der Waals surface area contributed by atoms with E-state index in [0.717, 1.165) is 6.92 Å². The second-order valence-corrected chi connectivity index (χ2v) is 8.65. The minimum Gasteiger partial charge on any atom is -0.508 e. The molecule has 0 radical (unpaired) electrons. The van der Waals surface area contributed by atoms with E-state index in [0.29, 0.717) is 12.0 Å². The first-order valence-electron chi connectivity index (χ1n) is 11.4. The number of aliphatic hydroxyl groups is 1. The van der Waals surface area contributed by atoms with Gasteiger partial charge in [0.25, 0.3) is 0 Å². The summed E-state index contributed by atoms with van der Waals surface area (Å²) >= 11 is 0. The number of hydrogen-bond acceptors (Lipinski definition) is 8. The van der Waals surface area contributed by atoms with Gasteiger partial charge in [-0.15, -0.1) is 0 Å². The zero-order valence-corrected chi connectivity index (χ0v) is 20.4. The Bertz CT molecular complexity index is 937. The summed E-state index contributed by atoms with van der Waals surface area (Å²) in [5.41, 5.74) is 11.9. The van der Waals surface area contributed by atoms with Crippen LogP contribution in [0.2, 0.25) is 0 Å². The van der Waals surface area contributed by atoms with E-state index in [-0.39, 0.29) is 12.2 Å². The van der Waals surface area contributed by atoms with Crippen molar-refractivity contribution in [2.24, 2.45) is 17.4 Å². The van der Waals surface area contributed by atoms with Crippen molar-refractivity contribution in [3.8, 4) is 5.75 Å². The van der Waals surface area contributed by atoms with Crippen LogP contribution in [0.25, 0.3) is 0 Å². The molecule has 0 bridgehead atoms. The number of nitrogens with two attached hydrogens (primary N) is 2. The molecule has 1 aromatic carbocycles. The molecule has 10 N–H and O–H groups in total. The highest BCUT2D eigenvalue weighted by Crippen LogP contribution is 2.13. The van der Waals surface area contributed by atoms with Gasteiger partial charge < -0.3 is 42.7 Å². The number of aliphatic carboxylic acids is 1. The number of carbonyl (C=O) groups is 5. The van der Waals surface area contributed by atoms with Crippen LogP contribution >= 0.6 is 0 Å². The first-order chi connectivity index (χ1) is 16.8. The zero-order valence-electron chi connectivity index (χ0n) is 20.4. The van der Waals surface area contributed by atoms with Gasteiger partial charge in [0.1, 0.15) is 17.8 Å². The molecule has 0 saturated carbocycles. The molecule has 1 rings (SSSR count). The van der Waals surface area contributed by atoms with Crippen LogP contribution in [-0.4, -0.2) is 75.2 Å². The Morgan fingerprint density at radius 3 is 1.94 bits per heavy atom. The maximum absolute atomic E-state index is 13.1. The quantitative estimate of drug-likeness (QED) is 0.140. The number of primary amides is 1. The lowest BCUT2D eigenvalue weighted by Gasteiger charge is -2.28. The molecular weight excluding hydrogens is 474 g/mol. The van der Waals surface area contributed by atoms with Crippen molar-refractivity contribution in [2.45, 2.75) is 70.3 Å². The molecule has 36 heavy (non-hydrogen) atoms. The number of carboxylic acid groups (broad SMARTS) is 1. The summed E-state index contributed by atoms with van der Waals surface area (Å²) in [6.45, 7) is 4.62. The Labute approximate surface area is 208 Å². The van der Waals surface area contributed by atoms with Gasteiger partial charge in [-0.25, -0.2) is 4.79 Å². The molecular formula is C23H35N5O8. The fourth-order valence-corrected chi connectivity index (χ4v) is 3.26. The Kier molecular flexibility index (Phi) is 11.8. The van der Waals surface area contributed by atoms with Crippen LogP contribution in [0, 0.1) is 5.92 Å². The van der Waals surface area contributed by atoms with Gasteiger partial charge in [-0.2, -0.15) is 0 Å². The number of phenols is 1. The third-order valence-electron chi connectivity index (χ3n) is 5.61. The molecule has 13 heteroatoms. The first kappa shape index (κ1) is 30.3. The predicted octanol–water partition coefficient (Wildman–Crippen LogP) is -1.90. The summed E-state index contributed by atoms with van der Waals surface area (Å²) in [4.78, 5) is 61.2. The smallest absolute Gasteiger partial charge is 0.328 e. The number of aliphatic hydroxyl groups excluding tert-OH is 1. The summed E-state index contributed by atoms with van der Waals surface area (Å²) in [5, 5.41) is 35.1. The molecule has 6 unspecified atom stereocenters. The van der Waals surface area contributed by atoms with Gasteiger partial charge in [-0.1, -0.05) is 32.4 Å². The number of nitrogens with one attached hydrogen (secondary N) is 3. The number of aromatic hydroxyl groups is 1. The van der Waals surface area contributed by atoms with Gasteiger partial charge in [0.2, 0.25) is 23.6 Å². The van der Waals surface area contributed by atoms with Crippen LogP contribution in [0.5, 0.6) is 5.75 Å². The summed E-state index contributed by atoms with van der Waals surface area (Å²) in [6, 6.07) is 0.706. The third kappa shape index (κ3) is 9.50. The van der Waals surface area contributed by atoms with Crippen LogP contribution in [0.15, 0.2) is 24.3 Å². The second kappa shape index (κ2) is 14.0. The van der Waals surface area contributed by atoms with Crippen molar-refractivity contribution < 1.29 is 39.3 Å². The fourth-order valence-electron chi connectivity index (χ4n) is 3.26. The minimum absolute atomic E-state index is 0.0583. The number of benzene rings is 1. The Hall–Kier alpha value is -3.71. The van der Waals surface area contributed by atoms with Crippen molar-refractivity contribution >= 4 is 29.6 Å². The van der Waals surface area contributed by atoms with Crippen molar-refractivity contribution in [3.05, 3.63) is 29.8 Å². The van der Waals surface area contributed by atoms with Crippen LogP contribution in [-0.2, 0) is 30.4 Å². The second-order valence-electron chi connectivity index (χ2n) is 8.65. The summed E-state index contributed by atoms with van der Waals surface area (Å²) in [7, 11) is 0. The lowest BCUT2D eigenvalue weighted by Crippen LogP contribution is -2.60. The molecule has 13 nitrogen and oxygen atoms in total. The lowest BCUT2D eigenvalue weighted by molar-refractivity contribution is -0.145. The van der Waals surface area contributed by atoms with Gasteiger partial charge in [0.05, 0.1) is 18.6 Å². The SMILES string of the molecule is CCC(C)C(NC(=O)C(N)Cc1ccc(O)cc1)C(=O)NC(CC(N)=O)C(=O)NC(C(=O)O)C(C)O. The highest BCUT2D eigenvalue weighted by Gasteiger charge is 2.34. The van der Waals surface area contributed by atoms with Crippen LogP contribution in [0.4, 0.5) is 0 Å². The Balaban J connectivity index is 3.00. The average molecular weight is 510 g/mol. The predicted molar refractivity (Wildman–Crippen MR) is 128 cm³/mol. The molecule has 0 spiro atoms. The van der Waals surface area contributed by atoms with Crippen molar-refractivity contribution in [1.82, 2.24) is 16.0 Å². The third-order valence-corrected chi connectivity index (χ3v) is 5.61. The van der Waals surface area contributed by atoms with Gasteiger partial charge in [0, 0.05) is 0 Å². The molecule has 1 aromatic rings. The number of rotatable bonds is 14. The van der Waals surface area contributed by atoms with E-state index >= 15 is 0 Å². The maximum Gasteiger partial charge on any atom is 0.328 e. The van der Waals surface area contributed by atoms with Gasteiger partial charge in [-0.3, -0.25) is 19.2 Å². The number of carboxylic acids is 1. The number of hydrogen-bond donors (Lipinski definition) is 8. The summed E-state index contributed by atoms with van der Waals surface area (Å²) in [5.74, 6) is -5.30. The molecule has 0 fully saturated rings. The summed E-state index contributed by atoms with van der Waals surface area (Å²) < 4.78 is 0. The highest BCUT2D eigenvalue weighted by atomic mass is 16.4. The van der Waals surface area contributed by atoms with E-state index in [1.54, 1.807) is 26.0 Å². The molecule has 0 aromatic heterocycles. The Morgan fingerprint density at radius 1 is 0.917 bits per heavy atom. The van der Waals surface area contributed by atoms with Crippen molar-refractivity contribution in [2.75, 3.05) is 0 Å². The van der Waals surface area contributed by atoms with Gasteiger partial charge >= 0.3 is 5.97 Å². The standard InChI is InChI=1S/C23H35N5O8/c1-4-11(2)18(27-20(32)15(24)9-13-5-7-14(30)8-6-13)22(34)26-16(10-17(25)31)21(33)28-19(12(3)29)23(35)36/h5-8,11-12,15-16,18-19,29-30H,4,9-10,24H2,1-3H3,(H2,25,31)(H,26,34)(H,27,32)(H,28,33)(H,35,36). The monoisotopic (exact) mass is 509 g/mol. The van der Waals surface area contributed by atoms with Crippen molar-refractivity contribution in [1.29, 1.82) is 0 Å². The maximum atomic E-state index is 13.1. The molecule has 0 aliphatic heterocycles. The first-order valence-corrected chi connectivity index (χ1v) is 11.4. The Morgan fingerprint density at radius 2 is 1.47 bits per heavy atom. The van der Waals surface area contributed by atoms with Crippen LogP contribution in [0.3, 0.4) is 0 Å². The van der Waals surface area contributed by atoms with Crippen molar-refractivity contribution in [3.63, 3.8) is 0 Å². The van der Waals surface area contributed by atoms with E-state index in [2.05, 4.69) is 16.0 Å². The number of carbonyl (C=O) groups excluding carboxylic acids is 4. The molecule has 0 aliphatic rings. The van der Waals surface area contributed by atoms with E-state index in [1.165, 1.54) is 12.1 Å². The highest BCUT2D eigenvalue weighted by molar-refractivity contribution is 5.96. The fraction of sp³-hybridized carbons (Fsp3) is 0.522. The summed E-state index contributed by atoms with van der Waals surface area (Å²) in [6.07, 6.45) is -1.52. The van der Waals surface area contributed by atoms with E-state index in [1.807, 2.05) is 0 Å². The molecule has 0 aliphatic carbocycles. The topological polar surface area (TPSA) is 234 Å². The number of amides is 4.